The van der Waals surface area contributed by atoms with E-state index in [2.05, 4.69) is 49.3 Å². The fourth-order valence-corrected chi connectivity index (χ4v) is 8.45. The van der Waals surface area contributed by atoms with Crippen molar-refractivity contribution in [3.05, 3.63) is 87.7 Å². The molecule has 3 aromatic rings. The number of aromatic nitrogens is 1. The van der Waals surface area contributed by atoms with Crippen LogP contribution in [-0.4, -0.2) is 28.2 Å². The molecule has 6 heteroatoms. The number of pyridine rings is 1. The molecular formula is C36H43ClN2O3. The largest absolute Gasteiger partial charge is 0.493 e. The average Bonchev–Trinajstić information content (AvgIpc) is 3.24. The molecule has 222 valence electrons. The summed E-state index contributed by atoms with van der Waals surface area (Å²) in [6.07, 6.45) is 10.3. The Morgan fingerprint density at radius 3 is 2.74 bits per heavy atom. The van der Waals surface area contributed by atoms with Crippen LogP contribution in [0.3, 0.4) is 0 Å². The standard InChI is InChI=1S/C36H43ClN2O3/c1-23-10-11-30-26(18-23)20-27(19-24(2)22-42-32-12-17-38-31-9-4-6-25(3)33(31)32)35(30)13-15-36(16-14-35,34(40)41)39-29-8-5-7-28(37)21-29/h5,7-8,10-12,17-18,21,24-25,27,39H,4,6,9,13-16,19-20,22H2,1-3H3,(H,40,41)/t24-,25-,27?,35?,36?/m1/s1. The van der Waals surface area contributed by atoms with Gasteiger partial charge in [-0.05, 0) is 123 Å². The number of nitrogens with zero attached hydrogens (tertiary/aromatic N) is 1. The highest BCUT2D eigenvalue weighted by molar-refractivity contribution is 6.30. The second-order valence-electron chi connectivity index (χ2n) is 13.4. The van der Waals surface area contributed by atoms with Crippen LogP contribution in [0, 0.1) is 18.8 Å². The number of nitrogens with one attached hydrogen (secondary N) is 1. The summed E-state index contributed by atoms with van der Waals surface area (Å²) in [5, 5.41) is 14.4. The van der Waals surface area contributed by atoms with Crippen LogP contribution in [0.4, 0.5) is 5.69 Å². The zero-order valence-corrected chi connectivity index (χ0v) is 25.8. The third-order valence-corrected chi connectivity index (χ3v) is 10.7. The lowest BCUT2D eigenvalue weighted by molar-refractivity contribution is -0.144. The maximum atomic E-state index is 12.7. The van der Waals surface area contributed by atoms with Gasteiger partial charge in [-0.15, -0.1) is 0 Å². The second-order valence-corrected chi connectivity index (χ2v) is 13.8. The molecule has 2 aromatic carbocycles. The minimum absolute atomic E-state index is 0.0173. The number of halogens is 1. The first-order valence-corrected chi connectivity index (χ1v) is 16.0. The van der Waals surface area contributed by atoms with Gasteiger partial charge in [0, 0.05) is 28.2 Å². The Labute approximate surface area is 255 Å². The number of fused-ring (bicyclic) bond motifs is 3. The van der Waals surface area contributed by atoms with E-state index in [1.54, 1.807) is 0 Å². The maximum Gasteiger partial charge on any atom is 0.329 e. The number of aryl methyl sites for hydroxylation is 2. The van der Waals surface area contributed by atoms with E-state index in [0.29, 0.717) is 42.2 Å². The number of hydrogen-bond donors (Lipinski definition) is 2. The number of rotatable bonds is 8. The van der Waals surface area contributed by atoms with Crippen molar-refractivity contribution in [2.75, 3.05) is 11.9 Å². The molecule has 5 nitrogen and oxygen atoms in total. The van der Waals surface area contributed by atoms with Gasteiger partial charge in [0.25, 0.3) is 0 Å². The molecule has 6 rings (SSSR count). The highest BCUT2D eigenvalue weighted by atomic mass is 35.5. The van der Waals surface area contributed by atoms with Crippen molar-refractivity contribution in [1.82, 2.24) is 4.98 Å². The lowest BCUT2D eigenvalue weighted by Gasteiger charge is -2.47. The van der Waals surface area contributed by atoms with E-state index in [4.69, 9.17) is 16.3 Å². The van der Waals surface area contributed by atoms with Crippen molar-refractivity contribution in [3.8, 4) is 5.75 Å². The van der Waals surface area contributed by atoms with Crippen LogP contribution in [0.25, 0.3) is 0 Å². The average molecular weight is 587 g/mol. The molecule has 3 aliphatic rings. The van der Waals surface area contributed by atoms with E-state index >= 15 is 0 Å². The number of carbonyl (C=O) groups is 1. The summed E-state index contributed by atoms with van der Waals surface area (Å²) in [5.74, 6) is 1.54. The summed E-state index contributed by atoms with van der Waals surface area (Å²) < 4.78 is 6.52. The fraction of sp³-hybridized carbons (Fsp3) is 0.500. The summed E-state index contributed by atoms with van der Waals surface area (Å²) in [6, 6.07) is 16.3. The molecule has 1 unspecified atom stereocenters. The van der Waals surface area contributed by atoms with Gasteiger partial charge >= 0.3 is 5.97 Å². The van der Waals surface area contributed by atoms with Crippen molar-refractivity contribution in [1.29, 1.82) is 0 Å². The molecule has 0 bridgehead atoms. The van der Waals surface area contributed by atoms with E-state index in [0.717, 1.165) is 43.5 Å². The van der Waals surface area contributed by atoms with Crippen LogP contribution in [0.1, 0.15) is 92.7 Å². The van der Waals surface area contributed by atoms with Gasteiger partial charge in [0.2, 0.25) is 0 Å². The molecule has 0 saturated heterocycles. The first-order chi connectivity index (χ1) is 20.2. The predicted molar refractivity (Wildman–Crippen MR) is 169 cm³/mol. The van der Waals surface area contributed by atoms with Gasteiger partial charge in [-0.2, -0.15) is 0 Å². The zero-order chi connectivity index (χ0) is 29.5. The van der Waals surface area contributed by atoms with E-state index in [-0.39, 0.29) is 5.41 Å². The summed E-state index contributed by atoms with van der Waals surface area (Å²) >= 11 is 6.23. The van der Waals surface area contributed by atoms with Gasteiger partial charge in [-0.1, -0.05) is 55.3 Å². The quantitative estimate of drug-likeness (QED) is 0.277. The molecule has 0 aliphatic heterocycles. The fourth-order valence-electron chi connectivity index (χ4n) is 8.26. The minimum atomic E-state index is -1.00. The number of benzene rings is 2. The van der Waals surface area contributed by atoms with Crippen molar-refractivity contribution in [2.24, 2.45) is 11.8 Å². The smallest absolute Gasteiger partial charge is 0.329 e. The number of carboxylic acid groups (broad SMARTS) is 1. The number of ether oxygens (including phenoxy) is 1. The van der Waals surface area contributed by atoms with Crippen molar-refractivity contribution in [3.63, 3.8) is 0 Å². The topological polar surface area (TPSA) is 71.5 Å². The molecule has 1 aromatic heterocycles. The van der Waals surface area contributed by atoms with Crippen LogP contribution in [-0.2, 0) is 23.1 Å². The van der Waals surface area contributed by atoms with Crippen LogP contribution in [0.5, 0.6) is 5.75 Å². The molecule has 42 heavy (non-hydrogen) atoms. The monoisotopic (exact) mass is 586 g/mol. The number of hydrogen-bond acceptors (Lipinski definition) is 4. The van der Waals surface area contributed by atoms with Gasteiger partial charge in [0.1, 0.15) is 11.3 Å². The Morgan fingerprint density at radius 1 is 1.17 bits per heavy atom. The Kier molecular flexibility index (Phi) is 7.99. The molecule has 0 radical (unpaired) electrons. The van der Waals surface area contributed by atoms with Gasteiger partial charge in [-0.25, -0.2) is 4.79 Å². The van der Waals surface area contributed by atoms with Crippen LogP contribution < -0.4 is 10.1 Å². The third kappa shape index (κ3) is 5.41. The molecule has 1 saturated carbocycles. The van der Waals surface area contributed by atoms with E-state index < -0.39 is 11.5 Å². The summed E-state index contributed by atoms with van der Waals surface area (Å²) in [5.41, 5.74) is 6.42. The first-order valence-electron chi connectivity index (χ1n) is 15.7. The van der Waals surface area contributed by atoms with Crippen LogP contribution in [0.2, 0.25) is 5.02 Å². The normalized spacial score (nSPS) is 27.2. The van der Waals surface area contributed by atoms with Gasteiger partial charge in [0.15, 0.2) is 0 Å². The predicted octanol–water partition coefficient (Wildman–Crippen LogP) is 8.51. The van der Waals surface area contributed by atoms with Gasteiger partial charge in [-0.3, -0.25) is 4.98 Å². The second kappa shape index (κ2) is 11.6. The molecule has 1 spiro atoms. The maximum absolute atomic E-state index is 12.7. The molecule has 3 atom stereocenters. The SMILES string of the molecule is Cc1ccc2c(c1)CC(C[C@@H](C)COc1ccnc3c1[C@H](C)CCC3)C21CCC(Nc2cccc(Cl)c2)(C(=O)O)CC1. The Morgan fingerprint density at radius 2 is 1.98 bits per heavy atom. The number of aliphatic carboxylic acids is 1. The minimum Gasteiger partial charge on any atom is -0.493 e. The summed E-state index contributed by atoms with van der Waals surface area (Å²) in [7, 11) is 0. The Balaban J connectivity index is 1.21. The number of carboxylic acids is 1. The lowest BCUT2D eigenvalue weighted by atomic mass is 9.59. The van der Waals surface area contributed by atoms with Crippen LogP contribution >= 0.6 is 11.6 Å². The molecule has 3 aliphatic carbocycles. The molecule has 1 fully saturated rings. The van der Waals surface area contributed by atoms with Crippen molar-refractivity contribution in [2.45, 2.75) is 95.4 Å². The molecule has 2 N–H and O–H groups in total. The third-order valence-electron chi connectivity index (χ3n) is 10.4. The summed E-state index contributed by atoms with van der Waals surface area (Å²) in [4.78, 5) is 17.4. The van der Waals surface area contributed by atoms with Crippen molar-refractivity contribution >= 4 is 23.3 Å². The lowest BCUT2D eigenvalue weighted by Crippen LogP contribution is -2.53. The zero-order valence-electron chi connectivity index (χ0n) is 25.1. The van der Waals surface area contributed by atoms with Gasteiger partial charge < -0.3 is 15.2 Å². The van der Waals surface area contributed by atoms with Gasteiger partial charge in [0.05, 0.1) is 6.61 Å². The first kappa shape index (κ1) is 29.0. The highest BCUT2D eigenvalue weighted by Crippen LogP contribution is 2.56. The van der Waals surface area contributed by atoms with E-state index in [1.807, 2.05) is 36.5 Å². The molecule has 0 amide bonds. The molecular weight excluding hydrogens is 544 g/mol. The van der Waals surface area contributed by atoms with E-state index in [9.17, 15) is 9.90 Å². The molecule has 1 heterocycles. The summed E-state index contributed by atoms with van der Waals surface area (Å²) in [6.45, 7) is 7.45. The van der Waals surface area contributed by atoms with Crippen molar-refractivity contribution < 1.29 is 14.6 Å². The number of anilines is 1. The van der Waals surface area contributed by atoms with Crippen LogP contribution in [0.15, 0.2) is 54.7 Å². The highest BCUT2D eigenvalue weighted by Gasteiger charge is 2.54. The Bertz CT molecular complexity index is 1460. The van der Waals surface area contributed by atoms with E-state index in [1.165, 1.54) is 40.8 Å². The Hall–Kier alpha value is -3.05.